The average molecular weight is 306 g/mol. The van der Waals surface area contributed by atoms with Gasteiger partial charge in [-0.15, -0.1) is 6.58 Å². The Labute approximate surface area is 132 Å². The van der Waals surface area contributed by atoms with Crippen LogP contribution in [0.2, 0.25) is 0 Å². The van der Waals surface area contributed by atoms with Gasteiger partial charge in [0.15, 0.2) is 0 Å². The molecule has 0 bridgehead atoms. The molecule has 0 aromatic carbocycles. The highest BCUT2D eigenvalue weighted by atomic mass is 16.5. The Balaban J connectivity index is 1.66. The van der Waals surface area contributed by atoms with Crippen molar-refractivity contribution in [2.24, 2.45) is 5.41 Å². The monoisotopic (exact) mass is 306 g/mol. The SMILES string of the molecule is C=CCOC[C@]12CCCO[C@@H]1CCN(Cc1cc(C)on1)C2. The Hall–Kier alpha value is -1.17. The van der Waals surface area contributed by atoms with Crippen LogP contribution >= 0.6 is 0 Å². The maximum atomic E-state index is 6.05. The first kappa shape index (κ1) is 15.7. The lowest BCUT2D eigenvalue weighted by Gasteiger charge is -2.50. The molecule has 0 N–H and O–H groups in total. The van der Waals surface area contributed by atoms with Crippen molar-refractivity contribution in [3.05, 3.63) is 30.2 Å². The second-order valence-electron chi connectivity index (χ2n) is 6.56. The number of hydrogen-bond acceptors (Lipinski definition) is 5. The third kappa shape index (κ3) is 3.42. The normalized spacial score (nSPS) is 29.2. The molecule has 3 heterocycles. The molecule has 5 nitrogen and oxygen atoms in total. The number of piperidine rings is 1. The summed E-state index contributed by atoms with van der Waals surface area (Å²) in [5.74, 6) is 0.870. The molecule has 0 radical (unpaired) electrons. The van der Waals surface area contributed by atoms with E-state index in [0.29, 0.717) is 12.7 Å². The second kappa shape index (κ2) is 6.94. The van der Waals surface area contributed by atoms with Crippen LogP contribution in [0.1, 0.15) is 30.7 Å². The van der Waals surface area contributed by atoms with Crippen LogP contribution in [0.3, 0.4) is 0 Å². The van der Waals surface area contributed by atoms with Crippen molar-refractivity contribution in [3.8, 4) is 0 Å². The third-order valence-corrected chi connectivity index (χ3v) is 4.75. The molecule has 0 aliphatic carbocycles. The number of fused-ring (bicyclic) bond motifs is 1. The van der Waals surface area contributed by atoms with Crippen molar-refractivity contribution in [2.45, 2.75) is 38.8 Å². The molecule has 2 atom stereocenters. The standard InChI is InChI=1S/C17H26N2O3/c1-3-8-20-13-17-6-4-9-21-16(17)5-7-19(12-17)11-15-10-14(2)22-18-15/h3,10,16H,1,4-9,11-13H2,2H3/t16-,17-/m1/s1. The Bertz CT molecular complexity index is 502. The van der Waals surface area contributed by atoms with Gasteiger partial charge in [0.1, 0.15) is 5.76 Å². The van der Waals surface area contributed by atoms with E-state index >= 15 is 0 Å². The van der Waals surface area contributed by atoms with Crippen LogP contribution in [0, 0.1) is 12.3 Å². The Morgan fingerprint density at radius 3 is 3.27 bits per heavy atom. The smallest absolute Gasteiger partial charge is 0.133 e. The Morgan fingerprint density at radius 1 is 1.59 bits per heavy atom. The zero-order valence-corrected chi connectivity index (χ0v) is 13.4. The van der Waals surface area contributed by atoms with E-state index in [-0.39, 0.29) is 5.41 Å². The van der Waals surface area contributed by atoms with E-state index in [1.54, 1.807) is 0 Å². The van der Waals surface area contributed by atoms with E-state index in [1.807, 2.05) is 19.1 Å². The highest BCUT2D eigenvalue weighted by Crippen LogP contribution is 2.40. The van der Waals surface area contributed by atoms with Crippen molar-refractivity contribution in [2.75, 3.05) is 32.9 Å². The molecular weight excluding hydrogens is 280 g/mol. The van der Waals surface area contributed by atoms with Gasteiger partial charge in [0.2, 0.25) is 0 Å². The summed E-state index contributed by atoms with van der Waals surface area (Å²) in [6.07, 6.45) is 5.48. The van der Waals surface area contributed by atoms with Crippen molar-refractivity contribution in [1.29, 1.82) is 0 Å². The van der Waals surface area contributed by atoms with Gasteiger partial charge in [-0.1, -0.05) is 11.2 Å². The van der Waals surface area contributed by atoms with Gasteiger partial charge >= 0.3 is 0 Å². The molecule has 0 amide bonds. The third-order valence-electron chi connectivity index (χ3n) is 4.75. The quantitative estimate of drug-likeness (QED) is 0.597. The van der Waals surface area contributed by atoms with Crippen molar-refractivity contribution in [1.82, 2.24) is 10.1 Å². The van der Waals surface area contributed by atoms with Gasteiger partial charge in [0.05, 0.1) is 25.0 Å². The van der Waals surface area contributed by atoms with Gasteiger partial charge < -0.3 is 14.0 Å². The molecule has 2 fully saturated rings. The van der Waals surface area contributed by atoms with Gasteiger partial charge in [-0.3, -0.25) is 4.90 Å². The summed E-state index contributed by atoms with van der Waals surface area (Å²) in [5.41, 5.74) is 1.12. The van der Waals surface area contributed by atoms with Crippen LogP contribution in [0.15, 0.2) is 23.2 Å². The van der Waals surface area contributed by atoms with Crippen LogP contribution in [0.4, 0.5) is 0 Å². The maximum Gasteiger partial charge on any atom is 0.133 e. The molecule has 0 spiro atoms. The topological polar surface area (TPSA) is 47.7 Å². The number of likely N-dealkylation sites (tertiary alicyclic amines) is 1. The van der Waals surface area contributed by atoms with E-state index in [2.05, 4.69) is 16.6 Å². The highest BCUT2D eigenvalue weighted by molar-refractivity contribution is 5.05. The molecule has 2 aliphatic heterocycles. The van der Waals surface area contributed by atoms with E-state index in [4.69, 9.17) is 14.0 Å². The van der Waals surface area contributed by atoms with Crippen LogP contribution in [-0.4, -0.2) is 49.1 Å². The number of hydrogen-bond donors (Lipinski definition) is 0. The van der Waals surface area contributed by atoms with Crippen LogP contribution in [0.5, 0.6) is 0 Å². The summed E-state index contributed by atoms with van der Waals surface area (Å²) in [6.45, 7) is 10.8. The van der Waals surface area contributed by atoms with E-state index < -0.39 is 0 Å². The van der Waals surface area contributed by atoms with Gasteiger partial charge in [-0.25, -0.2) is 0 Å². The van der Waals surface area contributed by atoms with E-state index in [9.17, 15) is 0 Å². The first-order chi connectivity index (χ1) is 10.7. The second-order valence-corrected chi connectivity index (χ2v) is 6.56. The number of aromatic nitrogens is 1. The summed E-state index contributed by atoms with van der Waals surface area (Å²) >= 11 is 0. The first-order valence-corrected chi connectivity index (χ1v) is 8.17. The fourth-order valence-corrected chi connectivity index (χ4v) is 3.80. The minimum atomic E-state index is 0.109. The summed E-state index contributed by atoms with van der Waals surface area (Å²) in [5, 5.41) is 4.12. The van der Waals surface area contributed by atoms with E-state index in [0.717, 1.165) is 57.1 Å². The Kier molecular flexibility index (Phi) is 4.96. The number of nitrogens with zero attached hydrogens (tertiary/aromatic N) is 2. The largest absolute Gasteiger partial charge is 0.377 e. The van der Waals surface area contributed by atoms with Gasteiger partial charge in [-0.05, 0) is 26.2 Å². The van der Waals surface area contributed by atoms with Gasteiger partial charge in [0.25, 0.3) is 0 Å². The van der Waals surface area contributed by atoms with Gasteiger partial charge in [0, 0.05) is 37.7 Å². The number of ether oxygens (including phenoxy) is 2. The zero-order valence-electron chi connectivity index (χ0n) is 13.4. The number of rotatable bonds is 6. The summed E-state index contributed by atoms with van der Waals surface area (Å²) in [7, 11) is 0. The maximum absolute atomic E-state index is 6.05. The van der Waals surface area contributed by atoms with Crippen molar-refractivity contribution >= 4 is 0 Å². The zero-order chi connectivity index (χ0) is 15.4. The molecule has 22 heavy (non-hydrogen) atoms. The highest BCUT2D eigenvalue weighted by Gasteiger charge is 2.46. The van der Waals surface area contributed by atoms with Gasteiger partial charge in [-0.2, -0.15) is 0 Å². The molecule has 0 unspecified atom stereocenters. The predicted octanol–water partition coefficient (Wildman–Crippen LogP) is 2.56. The molecule has 2 aliphatic rings. The lowest BCUT2D eigenvalue weighted by molar-refractivity contribution is -0.152. The lowest BCUT2D eigenvalue weighted by atomic mass is 9.73. The molecule has 3 rings (SSSR count). The van der Waals surface area contributed by atoms with Crippen LogP contribution in [-0.2, 0) is 16.0 Å². The fourth-order valence-electron chi connectivity index (χ4n) is 3.80. The molecular formula is C17H26N2O3. The molecule has 2 saturated heterocycles. The Morgan fingerprint density at radius 2 is 2.50 bits per heavy atom. The predicted molar refractivity (Wildman–Crippen MR) is 83.6 cm³/mol. The summed E-state index contributed by atoms with van der Waals surface area (Å²) in [4.78, 5) is 2.46. The number of aryl methyl sites for hydroxylation is 1. The minimum Gasteiger partial charge on any atom is -0.377 e. The van der Waals surface area contributed by atoms with Crippen LogP contribution in [0.25, 0.3) is 0 Å². The van der Waals surface area contributed by atoms with Crippen LogP contribution < -0.4 is 0 Å². The molecule has 5 heteroatoms. The van der Waals surface area contributed by atoms with E-state index in [1.165, 1.54) is 6.42 Å². The molecule has 1 aromatic heterocycles. The molecule has 122 valence electrons. The summed E-state index contributed by atoms with van der Waals surface area (Å²) < 4.78 is 17.1. The first-order valence-electron chi connectivity index (χ1n) is 8.17. The fraction of sp³-hybridized carbons (Fsp3) is 0.706. The molecule has 0 saturated carbocycles. The average Bonchev–Trinajstić information content (AvgIpc) is 2.92. The summed E-state index contributed by atoms with van der Waals surface area (Å²) in [6, 6.07) is 2.02. The minimum absolute atomic E-state index is 0.109. The van der Waals surface area contributed by atoms with Crippen molar-refractivity contribution < 1.29 is 14.0 Å². The molecule has 1 aromatic rings. The lowest BCUT2D eigenvalue weighted by Crippen LogP contribution is -2.56. The van der Waals surface area contributed by atoms with Crippen molar-refractivity contribution in [3.63, 3.8) is 0 Å².